The molecular formula is C14H23N3. The van der Waals surface area contributed by atoms with Crippen molar-refractivity contribution in [2.24, 2.45) is 10.8 Å². The summed E-state index contributed by atoms with van der Waals surface area (Å²) in [6, 6.07) is 4.64. The van der Waals surface area contributed by atoms with E-state index in [4.69, 9.17) is 0 Å². The predicted octanol–water partition coefficient (Wildman–Crippen LogP) is 3.36. The van der Waals surface area contributed by atoms with E-state index in [9.17, 15) is 0 Å². The summed E-state index contributed by atoms with van der Waals surface area (Å²) in [4.78, 5) is 4.28. The Balaban J connectivity index is 2.08. The van der Waals surface area contributed by atoms with Crippen molar-refractivity contribution >= 4 is 11.5 Å². The zero-order valence-electron chi connectivity index (χ0n) is 11.5. The van der Waals surface area contributed by atoms with Gasteiger partial charge in [-0.25, -0.2) is 4.98 Å². The van der Waals surface area contributed by atoms with Crippen molar-refractivity contribution in [1.82, 2.24) is 4.98 Å². The Labute approximate surface area is 104 Å². The van der Waals surface area contributed by atoms with Crippen LogP contribution >= 0.6 is 0 Å². The quantitative estimate of drug-likeness (QED) is 0.837. The third-order valence-electron chi connectivity index (χ3n) is 4.45. The second kappa shape index (κ2) is 3.90. The fourth-order valence-corrected chi connectivity index (χ4v) is 2.52. The number of anilines is 2. The molecule has 1 heterocycles. The van der Waals surface area contributed by atoms with Crippen LogP contribution in [0.15, 0.2) is 18.3 Å². The normalized spacial score (nSPS) is 21.0. The number of nitrogens with zero attached hydrogens (tertiary/aromatic N) is 1. The lowest BCUT2D eigenvalue weighted by atomic mass is 10.0. The summed E-state index contributed by atoms with van der Waals surface area (Å²) in [5.74, 6) is 0.939. The zero-order valence-corrected chi connectivity index (χ0v) is 11.5. The molecule has 17 heavy (non-hydrogen) atoms. The number of rotatable bonds is 4. The molecule has 0 radical (unpaired) electrons. The molecule has 0 atom stereocenters. The fourth-order valence-electron chi connectivity index (χ4n) is 2.52. The average Bonchev–Trinajstić information content (AvgIpc) is 2.62. The molecular weight excluding hydrogens is 210 g/mol. The molecule has 1 fully saturated rings. The van der Waals surface area contributed by atoms with Crippen molar-refractivity contribution < 1.29 is 0 Å². The maximum atomic E-state index is 4.28. The van der Waals surface area contributed by atoms with E-state index in [-0.39, 0.29) is 0 Å². The highest BCUT2D eigenvalue weighted by Gasteiger charge is 2.64. The third-order valence-corrected chi connectivity index (χ3v) is 4.45. The largest absolute Gasteiger partial charge is 0.381 e. The maximum absolute atomic E-state index is 4.28. The summed E-state index contributed by atoms with van der Waals surface area (Å²) in [5, 5.41) is 6.85. The van der Waals surface area contributed by atoms with E-state index >= 15 is 0 Å². The molecule has 0 aliphatic heterocycles. The summed E-state index contributed by atoms with van der Waals surface area (Å²) in [6.07, 6.45) is 1.85. The van der Waals surface area contributed by atoms with Gasteiger partial charge in [0.25, 0.3) is 0 Å². The topological polar surface area (TPSA) is 37.0 Å². The molecule has 0 spiro atoms. The predicted molar refractivity (Wildman–Crippen MR) is 73.4 cm³/mol. The van der Waals surface area contributed by atoms with E-state index in [1.54, 1.807) is 0 Å². The molecule has 0 unspecified atom stereocenters. The minimum absolute atomic E-state index is 0.356. The van der Waals surface area contributed by atoms with Gasteiger partial charge in [-0.15, -0.1) is 0 Å². The molecule has 0 saturated heterocycles. The van der Waals surface area contributed by atoms with Crippen molar-refractivity contribution in [2.45, 2.75) is 40.7 Å². The Morgan fingerprint density at radius 2 is 1.88 bits per heavy atom. The molecule has 3 heteroatoms. The summed E-state index contributed by atoms with van der Waals surface area (Å²) in [7, 11) is 0. The van der Waals surface area contributed by atoms with Gasteiger partial charge in [-0.05, 0) is 23.8 Å². The van der Waals surface area contributed by atoms with Gasteiger partial charge in [0.15, 0.2) is 0 Å². The highest BCUT2D eigenvalue weighted by molar-refractivity contribution is 5.54. The van der Waals surface area contributed by atoms with E-state index in [1.807, 2.05) is 12.3 Å². The molecule has 0 amide bonds. The van der Waals surface area contributed by atoms with Crippen LogP contribution in [0, 0.1) is 10.8 Å². The molecule has 2 rings (SSSR count). The first kappa shape index (κ1) is 12.2. The fraction of sp³-hybridized carbons (Fsp3) is 0.643. The molecule has 1 saturated carbocycles. The van der Waals surface area contributed by atoms with Gasteiger partial charge in [0.05, 0.1) is 0 Å². The monoisotopic (exact) mass is 233 g/mol. The molecule has 1 aromatic heterocycles. The SMILES string of the molecule is CCNc1cc(NC2C(C)(C)C2(C)C)ccn1. The maximum Gasteiger partial charge on any atom is 0.127 e. The number of pyridine rings is 1. The Hall–Kier alpha value is -1.25. The third kappa shape index (κ3) is 1.99. The lowest BCUT2D eigenvalue weighted by molar-refractivity contribution is 0.457. The average molecular weight is 233 g/mol. The Morgan fingerprint density at radius 1 is 1.24 bits per heavy atom. The first-order valence-corrected chi connectivity index (χ1v) is 6.36. The van der Waals surface area contributed by atoms with Gasteiger partial charge in [-0.1, -0.05) is 27.7 Å². The zero-order chi connectivity index (χ0) is 12.7. The van der Waals surface area contributed by atoms with E-state index in [1.165, 1.54) is 0 Å². The summed E-state index contributed by atoms with van der Waals surface area (Å²) < 4.78 is 0. The molecule has 1 aliphatic carbocycles. The van der Waals surface area contributed by atoms with E-state index in [0.29, 0.717) is 16.9 Å². The van der Waals surface area contributed by atoms with Gasteiger partial charge in [-0.2, -0.15) is 0 Å². The van der Waals surface area contributed by atoms with Crippen molar-refractivity contribution in [3.05, 3.63) is 18.3 Å². The molecule has 2 N–H and O–H groups in total. The van der Waals surface area contributed by atoms with Crippen molar-refractivity contribution in [1.29, 1.82) is 0 Å². The Kier molecular flexibility index (Phi) is 2.80. The van der Waals surface area contributed by atoms with Crippen molar-refractivity contribution in [3.8, 4) is 0 Å². The highest BCUT2D eigenvalue weighted by Crippen LogP contribution is 2.63. The van der Waals surface area contributed by atoms with E-state index in [2.05, 4.69) is 56.3 Å². The van der Waals surface area contributed by atoms with Crippen molar-refractivity contribution in [2.75, 3.05) is 17.2 Å². The van der Waals surface area contributed by atoms with Crippen LogP contribution < -0.4 is 10.6 Å². The number of hydrogen-bond donors (Lipinski definition) is 2. The molecule has 0 bridgehead atoms. The minimum Gasteiger partial charge on any atom is -0.381 e. The number of nitrogens with one attached hydrogen (secondary N) is 2. The van der Waals surface area contributed by atoms with E-state index < -0.39 is 0 Å². The van der Waals surface area contributed by atoms with Crippen LogP contribution in [-0.2, 0) is 0 Å². The van der Waals surface area contributed by atoms with E-state index in [0.717, 1.165) is 18.1 Å². The van der Waals surface area contributed by atoms with Gasteiger partial charge in [-0.3, -0.25) is 0 Å². The van der Waals surface area contributed by atoms with Crippen LogP contribution in [0.2, 0.25) is 0 Å². The minimum atomic E-state index is 0.356. The van der Waals surface area contributed by atoms with Crippen LogP contribution in [0.3, 0.4) is 0 Å². The van der Waals surface area contributed by atoms with Crippen LogP contribution in [-0.4, -0.2) is 17.6 Å². The van der Waals surface area contributed by atoms with Gasteiger partial charge in [0, 0.05) is 30.5 Å². The standard InChI is InChI=1S/C14H23N3/c1-6-15-11-9-10(7-8-16-11)17-12-13(2,3)14(12,4)5/h7-9,12H,6H2,1-5H3,(H2,15,16,17). The second-order valence-corrected chi connectivity index (χ2v) is 5.98. The summed E-state index contributed by atoms with van der Waals surface area (Å²) in [6.45, 7) is 12.2. The second-order valence-electron chi connectivity index (χ2n) is 5.98. The summed E-state index contributed by atoms with van der Waals surface area (Å²) >= 11 is 0. The van der Waals surface area contributed by atoms with Crippen LogP contribution in [0.4, 0.5) is 11.5 Å². The number of hydrogen-bond acceptors (Lipinski definition) is 3. The molecule has 0 aromatic carbocycles. The van der Waals surface area contributed by atoms with Crippen molar-refractivity contribution in [3.63, 3.8) is 0 Å². The van der Waals surface area contributed by atoms with Crippen LogP contribution in [0.1, 0.15) is 34.6 Å². The lowest BCUT2D eigenvalue weighted by Crippen LogP contribution is -2.10. The van der Waals surface area contributed by atoms with Gasteiger partial charge >= 0.3 is 0 Å². The number of aromatic nitrogens is 1. The highest BCUT2D eigenvalue weighted by atomic mass is 15.1. The Bertz CT molecular complexity index is 396. The molecule has 94 valence electrons. The molecule has 1 aromatic rings. The van der Waals surface area contributed by atoms with Gasteiger partial charge in [0.1, 0.15) is 5.82 Å². The Morgan fingerprint density at radius 3 is 2.41 bits per heavy atom. The van der Waals surface area contributed by atoms with Gasteiger partial charge in [0.2, 0.25) is 0 Å². The molecule has 1 aliphatic rings. The van der Waals surface area contributed by atoms with Crippen LogP contribution in [0.5, 0.6) is 0 Å². The van der Waals surface area contributed by atoms with Gasteiger partial charge < -0.3 is 10.6 Å². The van der Waals surface area contributed by atoms with Crippen LogP contribution in [0.25, 0.3) is 0 Å². The first-order chi connectivity index (χ1) is 7.89. The lowest BCUT2D eigenvalue weighted by Gasteiger charge is -2.10. The summed E-state index contributed by atoms with van der Waals surface area (Å²) in [5.41, 5.74) is 1.86. The molecule has 3 nitrogen and oxygen atoms in total. The smallest absolute Gasteiger partial charge is 0.127 e. The first-order valence-electron chi connectivity index (χ1n) is 6.36.